The van der Waals surface area contributed by atoms with Gasteiger partial charge in [0.25, 0.3) is 0 Å². The molecule has 5 aromatic rings. The monoisotopic (exact) mass is 406 g/mol. The Morgan fingerprint density at radius 3 is 1.54 bits per heavy atom. The van der Waals surface area contributed by atoms with Gasteiger partial charge in [-0.2, -0.15) is 0 Å². The second-order valence-electron chi connectivity index (χ2n) is 7.44. The number of fused-ring (bicyclic) bond motifs is 10. The molecule has 0 radical (unpaired) electrons. The SMILES string of the molecule is Cc1cc2sc3c(c2s1)Cc1cc2c(cc1-3)Cc1c-2sc2cc(C)sc12. The second-order valence-corrected chi connectivity index (χ2v) is 12.1. The number of rotatable bonds is 0. The van der Waals surface area contributed by atoms with E-state index in [0.29, 0.717) is 0 Å². The van der Waals surface area contributed by atoms with Gasteiger partial charge in [-0.15, -0.1) is 45.3 Å². The Kier molecular flexibility index (Phi) is 2.63. The molecule has 0 atom stereocenters. The molecule has 2 aliphatic rings. The van der Waals surface area contributed by atoms with Gasteiger partial charge in [-0.3, -0.25) is 0 Å². The Morgan fingerprint density at radius 1 is 0.615 bits per heavy atom. The molecule has 1 aromatic carbocycles. The topological polar surface area (TPSA) is 0 Å². The first-order chi connectivity index (χ1) is 12.7. The molecule has 0 spiro atoms. The standard InChI is InChI=1S/C22H14S4/c1-9-3-17-21(23-9)15-7-11-5-14-12(6-13(11)19(15)25-17)8-16-20(14)26-18-4-10(2)24-22(16)18/h3-6H,7-8H2,1-2H3. The van der Waals surface area contributed by atoms with Crippen LogP contribution in [0.2, 0.25) is 0 Å². The van der Waals surface area contributed by atoms with Gasteiger partial charge in [0.2, 0.25) is 0 Å². The lowest BCUT2D eigenvalue weighted by Crippen LogP contribution is -1.86. The van der Waals surface area contributed by atoms with Crippen LogP contribution in [0.1, 0.15) is 32.0 Å². The summed E-state index contributed by atoms with van der Waals surface area (Å²) >= 11 is 7.95. The summed E-state index contributed by atoms with van der Waals surface area (Å²) in [7, 11) is 0. The largest absolute Gasteiger partial charge is 0.139 e. The van der Waals surface area contributed by atoms with Crippen LogP contribution in [0, 0.1) is 13.8 Å². The highest BCUT2D eigenvalue weighted by Crippen LogP contribution is 2.54. The van der Waals surface area contributed by atoms with E-state index in [0.717, 1.165) is 12.8 Å². The van der Waals surface area contributed by atoms with E-state index >= 15 is 0 Å². The number of hydrogen-bond donors (Lipinski definition) is 0. The maximum absolute atomic E-state index is 2.52. The summed E-state index contributed by atoms with van der Waals surface area (Å²) in [4.78, 5) is 5.95. The van der Waals surface area contributed by atoms with E-state index in [9.17, 15) is 0 Å². The van der Waals surface area contributed by atoms with Crippen molar-refractivity contribution < 1.29 is 0 Å². The molecule has 0 fully saturated rings. The zero-order valence-electron chi connectivity index (χ0n) is 14.4. The van der Waals surface area contributed by atoms with Crippen LogP contribution >= 0.6 is 45.3 Å². The van der Waals surface area contributed by atoms with Gasteiger partial charge in [0.05, 0.1) is 0 Å². The van der Waals surface area contributed by atoms with E-state index in [2.05, 4.69) is 38.1 Å². The molecule has 0 nitrogen and oxygen atoms in total. The molecule has 2 aliphatic carbocycles. The fourth-order valence-corrected chi connectivity index (χ4v) is 9.87. The summed E-state index contributed by atoms with van der Waals surface area (Å²) in [5, 5.41) is 0. The van der Waals surface area contributed by atoms with E-state index in [-0.39, 0.29) is 0 Å². The van der Waals surface area contributed by atoms with Crippen LogP contribution in [0.5, 0.6) is 0 Å². The summed E-state index contributed by atoms with van der Waals surface area (Å²) in [6, 6.07) is 9.76. The normalized spacial score (nSPS) is 14.2. The second kappa shape index (κ2) is 4.68. The molecule has 4 heteroatoms. The molecular weight excluding hydrogens is 393 g/mol. The minimum Gasteiger partial charge on any atom is -0.139 e. The number of benzene rings is 1. The van der Waals surface area contributed by atoms with E-state index in [1.807, 2.05) is 45.3 Å². The predicted molar refractivity (Wildman–Crippen MR) is 119 cm³/mol. The summed E-state index contributed by atoms with van der Waals surface area (Å²) in [5.41, 5.74) is 9.28. The maximum atomic E-state index is 2.52. The first kappa shape index (κ1) is 14.6. The summed E-state index contributed by atoms with van der Waals surface area (Å²) in [6.45, 7) is 4.46. The lowest BCUT2D eigenvalue weighted by molar-refractivity contribution is 1.26. The summed E-state index contributed by atoms with van der Waals surface area (Å²) in [6.07, 6.45) is 2.23. The van der Waals surface area contributed by atoms with Crippen LogP contribution in [0.4, 0.5) is 0 Å². The average molecular weight is 407 g/mol. The predicted octanol–water partition coefficient (Wildman–Crippen LogP) is 8.00. The quantitative estimate of drug-likeness (QED) is 0.239. The van der Waals surface area contributed by atoms with Gasteiger partial charge >= 0.3 is 0 Å². The molecule has 0 unspecified atom stereocenters. The molecule has 0 bridgehead atoms. The molecule has 0 N–H and O–H groups in total. The van der Waals surface area contributed by atoms with Gasteiger partial charge in [-0.25, -0.2) is 0 Å². The van der Waals surface area contributed by atoms with Crippen LogP contribution in [0.15, 0.2) is 24.3 Å². The molecule has 0 saturated carbocycles. The third kappa shape index (κ3) is 1.70. The van der Waals surface area contributed by atoms with E-state index in [4.69, 9.17) is 0 Å². The minimum atomic E-state index is 1.12. The Hall–Kier alpha value is -1.46. The minimum absolute atomic E-state index is 1.12. The van der Waals surface area contributed by atoms with Crippen LogP contribution in [-0.2, 0) is 12.8 Å². The fourth-order valence-electron chi connectivity index (χ4n) is 4.65. The lowest BCUT2D eigenvalue weighted by Gasteiger charge is -2.05. The van der Waals surface area contributed by atoms with Crippen molar-refractivity contribution in [1.29, 1.82) is 0 Å². The first-order valence-electron chi connectivity index (χ1n) is 8.86. The van der Waals surface area contributed by atoms with Crippen molar-refractivity contribution in [1.82, 2.24) is 0 Å². The van der Waals surface area contributed by atoms with Gasteiger partial charge in [0.1, 0.15) is 0 Å². The summed E-state index contributed by atoms with van der Waals surface area (Å²) < 4.78 is 6.04. The van der Waals surface area contributed by atoms with Crippen molar-refractivity contribution in [2.24, 2.45) is 0 Å². The van der Waals surface area contributed by atoms with E-state index < -0.39 is 0 Å². The molecule has 0 amide bonds. The number of hydrogen-bond acceptors (Lipinski definition) is 4. The molecule has 26 heavy (non-hydrogen) atoms. The van der Waals surface area contributed by atoms with Gasteiger partial charge in [0, 0.05) is 51.1 Å². The highest BCUT2D eigenvalue weighted by Gasteiger charge is 2.30. The first-order valence-corrected chi connectivity index (χ1v) is 12.1. The van der Waals surface area contributed by atoms with E-state index in [1.54, 1.807) is 22.3 Å². The molecule has 0 aliphatic heterocycles. The molecule has 4 heterocycles. The van der Waals surface area contributed by atoms with Crippen molar-refractivity contribution >= 4 is 64.1 Å². The van der Waals surface area contributed by atoms with Crippen molar-refractivity contribution in [3.63, 3.8) is 0 Å². The highest BCUT2D eigenvalue weighted by molar-refractivity contribution is 7.30. The lowest BCUT2D eigenvalue weighted by atomic mass is 10.0. The maximum Gasteiger partial charge on any atom is 0.0495 e. The van der Waals surface area contributed by atoms with Crippen LogP contribution < -0.4 is 0 Å². The van der Waals surface area contributed by atoms with Gasteiger partial charge < -0.3 is 0 Å². The highest BCUT2D eigenvalue weighted by atomic mass is 32.1. The smallest absolute Gasteiger partial charge is 0.0495 e. The Bertz CT molecular complexity index is 1290. The number of thiophene rings is 4. The molecule has 0 saturated heterocycles. The van der Waals surface area contributed by atoms with Gasteiger partial charge in [-0.1, -0.05) is 0 Å². The Morgan fingerprint density at radius 2 is 1.08 bits per heavy atom. The molecule has 126 valence electrons. The Balaban J connectivity index is 1.44. The zero-order chi connectivity index (χ0) is 17.2. The van der Waals surface area contributed by atoms with Crippen molar-refractivity contribution in [2.75, 3.05) is 0 Å². The molecule has 4 aromatic heterocycles. The van der Waals surface area contributed by atoms with Gasteiger partial charge in [0.15, 0.2) is 0 Å². The van der Waals surface area contributed by atoms with Crippen molar-refractivity contribution in [2.45, 2.75) is 26.7 Å². The number of aryl methyl sites for hydroxylation is 2. The fraction of sp³-hybridized carbons (Fsp3) is 0.182. The van der Waals surface area contributed by atoms with E-state index in [1.165, 1.54) is 49.4 Å². The third-order valence-electron chi connectivity index (χ3n) is 5.72. The Labute approximate surface area is 167 Å². The zero-order valence-corrected chi connectivity index (χ0v) is 17.6. The van der Waals surface area contributed by atoms with Gasteiger partial charge in [-0.05, 0) is 71.5 Å². The van der Waals surface area contributed by atoms with Crippen LogP contribution in [-0.4, -0.2) is 0 Å². The van der Waals surface area contributed by atoms with Crippen molar-refractivity contribution in [3.05, 3.63) is 56.3 Å². The van der Waals surface area contributed by atoms with Crippen molar-refractivity contribution in [3.8, 4) is 20.9 Å². The summed E-state index contributed by atoms with van der Waals surface area (Å²) in [5.74, 6) is 0. The molecule has 7 rings (SSSR count). The van der Waals surface area contributed by atoms with Crippen LogP contribution in [0.25, 0.3) is 39.7 Å². The molecular formula is C22H14S4. The average Bonchev–Trinajstić information content (AvgIpc) is 3.36. The third-order valence-corrected chi connectivity index (χ3v) is 10.6. The van der Waals surface area contributed by atoms with Crippen LogP contribution in [0.3, 0.4) is 0 Å².